The monoisotopic (exact) mass is 160 g/mol. The first kappa shape index (κ1) is 8.53. The standard InChI is InChI=1S/C10H12N2/c11-10(12)8-4-7-9-5-2-1-3-6-9/h1-6,8H,7H2,(H3,11,12)/b8-4+. The van der Waals surface area contributed by atoms with Crippen molar-refractivity contribution in [3.63, 3.8) is 0 Å². The Balaban J connectivity index is 2.49. The second-order valence-electron chi connectivity index (χ2n) is 2.55. The van der Waals surface area contributed by atoms with Gasteiger partial charge in [-0.05, 0) is 18.1 Å². The summed E-state index contributed by atoms with van der Waals surface area (Å²) in [5, 5.41) is 6.95. The van der Waals surface area contributed by atoms with Gasteiger partial charge in [-0.25, -0.2) is 0 Å². The smallest absolute Gasteiger partial charge is 0.114 e. The number of hydrogen-bond acceptors (Lipinski definition) is 1. The summed E-state index contributed by atoms with van der Waals surface area (Å²) in [6.07, 6.45) is 4.32. The fourth-order valence-corrected chi connectivity index (χ4v) is 0.936. The van der Waals surface area contributed by atoms with Crippen LogP contribution in [-0.2, 0) is 6.42 Å². The van der Waals surface area contributed by atoms with Gasteiger partial charge in [0.2, 0.25) is 0 Å². The van der Waals surface area contributed by atoms with Crippen LogP contribution in [0, 0.1) is 5.41 Å². The van der Waals surface area contributed by atoms with E-state index in [1.807, 2.05) is 36.4 Å². The molecule has 0 aliphatic rings. The van der Waals surface area contributed by atoms with Gasteiger partial charge in [0.1, 0.15) is 5.84 Å². The molecular weight excluding hydrogens is 148 g/mol. The molecule has 0 aliphatic heterocycles. The molecular formula is C10H12N2. The minimum atomic E-state index is 0.103. The van der Waals surface area contributed by atoms with Crippen molar-refractivity contribution < 1.29 is 0 Å². The van der Waals surface area contributed by atoms with E-state index in [2.05, 4.69) is 0 Å². The van der Waals surface area contributed by atoms with Crippen molar-refractivity contribution >= 4 is 5.84 Å². The number of hydrogen-bond donors (Lipinski definition) is 2. The van der Waals surface area contributed by atoms with Crippen LogP contribution in [0.25, 0.3) is 0 Å². The highest BCUT2D eigenvalue weighted by Crippen LogP contribution is 1.99. The lowest BCUT2D eigenvalue weighted by Crippen LogP contribution is -2.04. The van der Waals surface area contributed by atoms with Crippen molar-refractivity contribution in [2.75, 3.05) is 0 Å². The predicted octanol–water partition coefficient (Wildman–Crippen LogP) is 1.72. The van der Waals surface area contributed by atoms with Crippen LogP contribution < -0.4 is 5.73 Å². The maximum absolute atomic E-state index is 6.95. The minimum Gasteiger partial charge on any atom is -0.384 e. The number of allylic oxidation sites excluding steroid dienone is 1. The Morgan fingerprint density at radius 3 is 2.58 bits per heavy atom. The van der Waals surface area contributed by atoms with E-state index in [1.165, 1.54) is 5.56 Å². The Labute approximate surface area is 72.2 Å². The fourth-order valence-electron chi connectivity index (χ4n) is 0.936. The Hall–Kier alpha value is -1.57. The summed E-state index contributed by atoms with van der Waals surface area (Å²) in [6, 6.07) is 10.1. The molecule has 12 heavy (non-hydrogen) atoms. The third-order valence-corrected chi connectivity index (χ3v) is 1.49. The molecule has 0 unspecified atom stereocenters. The Morgan fingerprint density at radius 2 is 2.00 bits per heavy atom. The van der Waals surface area contributed by atoms with Crippen LogP contribution >= 0.6 is 0 Å². The zero-order chi connectivity index (χ0) is 8.81. The van der Waals surface area contributed by atoms with Crippen molar-refractivity contribution in [3.8, 4) is 0 Å². The molecule has 1 aromatic rings. The van der Waals surface area contributed by atoms with Crippen molar-refractivity contribution in [3.05, 3.63) is 48.0 Å². The third kappa shape index (κ3) is 3.01. The van der Waals surface area contributed by atoms with E-state index in [0.29, 0.717) is 0 Å². The number of amidine groups is 1. The molecule has 0 amide bonds. The first-order chi connectivity index (χ1) is 5.79. The average Bonchev–Trinajstić information content (AvgIpc) is 2.05. The molecule has 2 nitrogen and oxygen atoms in total. The summed E-state index contributed by atoms with van der Waals surface area (Å²) < 4.78 is 0. The summed E-state index contributed by atoms with van der Waals surface area (Å²) in [5.41, 5.74) is 6.38. The molecule has 0 spiro atoms. The molecule has 3 N–H and O–H groups in total. The zero-order valence-electron chi connectivity index (χ0n) is 6.83. The van der Waals surface area contributed by atoms with Crippen molar-refractivity contribution in [1.82, 2.24) is 0 Å². The number of nitrogens with one attached hydrogen (secondary N) is 1. The lowest BCUT2D eigenvalue weighted by molar-refractivity contribution is 1.27. The normalized spacial score (nSPS) is 10.3. The molecule has 0 saturated carbocycles. The van der Waals surface area contributed by atoms with Crippen LogP contribution in [0.4, 0.5) is 0 Å². The van der Waals surface area contributed by atoms with Crippen molar-refractivity contribution in [1.29, 1.82) is 5.41 Å². The average molecular weight is 160 g/mol. The largest absolute Gasteiger partial charge is 0.384 e. The second kappa shape index (κ2) is 4.34. The zero-order valence-corrected chi connectivity index (χ0v) is 6.83. The minimum absolute atomic E-state index is 0.103. The van der Waals surface area contributed by atoms with Crippen LogP contribution in [0.1, 0.15) is 5.56 Å². The molecule has 1 rings (SSSR count). The van der Waals surface area contributed by atoms with E-state index in [0.717, 1.165) is 6.42 Å². The van der Waals surface area contributed by atoms with Gasteiger partial charge < -0.3 is 5.73 Å². The number of rotatable bonds is 3. The second-order valence-corrected chi connectivity index (χ2v) is 2.55. The first-order valence-corrected chi connectivity index (χ1v) is 3.83. The lowest BCUT2D eigenvalue weighted by Gasteiger charge is -1.93. The van der Waals surface area contributed by atoms with E-state index < -0.39 is 0 Å². The van der Waals surface area contributed by atoms with Gasteiger partial charge in [-0.2, -0.15) is 0 Å². The Morgan fingerprint density at radius 1 is 1.33 bits per heavy atom. The van der Waals surface area contributed by atoms with Crippen LogP contribution in [0.3, 0.4) is 0 Å². The van der Waals surface area contributed by atoms with Gasteiger partial charge in [-0.1, -0.05) is 36.4 Å². The maximum Gasteiger partial charge on any atom is 0.114 e. The highest BCUT2D eigenvalue weighted by Gasteiger charge is 1.85. The highest BCUT2D eigenvalue weighted by atomic mass is 14.7. The molecule has 0 aromatic heterocycles. The van der Waals surface area contributed by atoms with Crippen molar-refractivity contribution in [2.45, 2.75) is 6.42 Å². The van der Waals surface area contributed by atoms with Gasteiger partial charge in [0, 0.05) is 0 Å². The summed E-state index contributed by atoms with van der Waals surface area (Å²) in [7, 11) is 0. The topological polar surface area (TPSA) is 49.9 Å². The van der Waals surface area contributed by atoms with E-state index >= 15 is 0 Å². The molecule has 0 atom stereocenters. The highest BCUT2D eigenvalue weighted by molar-refractivity contribution is 5.88. The summed E-state index contributed by atoms with van der Waals surface area (Å²) in [5.74, 6) is 0.103. The molecule has 1 aromatic carbocycles. The van der Waals surface area contributed by atoms with Gasteiger partial charge in [-0.3, -0.25) is 5.41 Å². The summed E-state index contributed by atoms with van der Waals surface area (Å²) in [4.78, 5) is 0. The van der Waals surface area contributed by atoms with Crippen LogP contribution in [0.5, 0.6) is 0 Å². The van der Waals surface area contributed by atoms with Crippen LogP contribution in [0.15, 0.2) is 42.5 Å². The molecule has 0 bridgehead atoms. The Bertz CT molecular complexity index is 275. The summed E-state index contributed by atoms with van der Waals surface area (Å²) >= 11 is 0. The SMILES string of the molecule is N=C(N)/C=C/Cc1ccccc1. The van der Waals surface area contributed by atoms with Gasteiger partial charge >= 0.3 is 0 Å². The van der Waals surface area contributed by atoms with Crippen LogP contribution in [0.2, 0.25) is 0 Å². The molecule has 2 heteroatoms. The molecule has 0 saturated heterocycles. The quantitative estimate of drug-likeness (QED) is 0.513. The number of nitrogens with two attached hydrogens (primary N) is 1. The van der Waals surface area contributed by atoms with Gasteiger partial charge in [-0.15, -0.1) is 0 Å². The predicted molar refractivity (Wildman–Crippen MR) is 51.2 cm³/mol. The van der Waals surface area contributed by atoms with E-state index in [9.17, 15) is 0 Å². The van der Waals surface area contributed by atoms with Gasteiger partial charge in [0.05, 0.1) is 0 Å². The van der Waals surface area contributed by atoms with Crippen LogP contribution in [-0.4, -0.2) is 5.84 Å². The fraction of sp³-hybridized carbons (Fsp3) is 0.100. The van der Waals surface area contributed by atoms with E-state index in [-0.39, 0.29) is 5.84 Å². The van der Waals surface area contributed by atoms with E-state index in [4.69, 9.17) is 11.1 Å². The molecule has 62 valence electrons. The van der Waals surface area contributed by atoms with Gasteiger partial charge in [0.25, 0.3) is 0 Å². The molecule has 0 aliphatic carbocycles. The van der Waals surface area contributed by atoms with Gasteiger partial charge in [0.15, 0.2) is 0 Å². The molecule has 0 radical (unpaired) electrons. The van der Waals surface area contributed by atoms with Crippen molar-refractivity contribution in [2.24, 2.45) is 5.73 Å². The molecule has 0 fully saturated rings. The summed E-state index contributed by atoms with van der Waals surface area (Å²) in [6.45, 7) is 0. The lowest BCUT2D eigenvalue weighted by atomic mass is 10.1. The van der Waals surface area contributed by atoms with E-state index in [1.54, 1.807) is 6.08 Å². The number of benzene rings is 1. The molecule has 0 heterocycles. The third-order valence-electron chi connectivity index (χ3n) is 1.49. The Kier molecular flexibility index (Phi) is 3.08. The first-order valence-electron chi connectivity index (χ1n) is 3.83. The maximum atomic E-state index is 6.95.